The summed E-state index contributed by atoms with van der Waals surface area (Å²) in [7, 11) is 5.17. The predicted molar refractivity (Wildman–Crippen MR) is 123 cm³/mol. The van der Waals surface area contributed by atoms with E-state index in [1.165, 1.54) is 35.5 Å². The van der Waals surface area contributed by atoms with E-state index in [1.54, 1.807) is 12.1 Å². The van der Waals surface area contributed by atoms with E-state index >= 15 is 0 Å². The Morgan fingerprint density at radius 3 is 1.47 bits per heavy atom. The minimum atomic E-state index is -2.03. The molecule has 9 heteroatoms. The number of allylic oxidation sites excluding steroid dienone is 2. The second kappa shape index (κ2) is 9.68. The van der Waals surface area contributed by atoms with Crippen molar-refractivity contribution < 1.29 is 33.3 Å². The quantitative estimate of drug-likeness (QED) is 0.446. The number of methoxy groups -OCH3 is 5. The highest BCUT2D eigenvalue weighted by Crippen LogP contribution is 2.48. The van der Waals surface area contributed by atoms with Crippen LogP contribution in [0, 0.1) is 0 Å². The SMILES string of the molecule is COC(=O)C1=C(C)N([Si](C)(C)C)C(C)=C(C(=O)OC)C1c1cc(OC)c(OC)c(OC)c1. The number of carbonyl (C=O) groups excluding carboxylic acids is 2. The lowest BCUT2D eigenvalue weighted by Gasteiger charge is -2.44. The van der Waals surface area contributed by atoms with E-state index in [0.29, 0.717) is 34.0 Å². The molecule has 0 atom stereocenters. The summed E-state index contributed by atoms with van der Waals surface area (Å²) >= 11 is 0. The summed E-state index contributed by atoms with van der Waals surface area (Å²) in [5.41, 5.74) is 2.86. The van der Waals surface area contributed by atoms with Crippen LogP contribution in [0.2, 0.25) is 19.6 Å². The molecule has 1 aromatic rings. The average molecular weight is 464 g/mol. The van der Waals surface area contributed by atoms with Gasteiger partial charge in [0.25, 0.3) is 0 Å². The third-order valence-corrected chi connectivity index (χ3v) is 7.54. The van der Waals surface area contributed by atoms with Crippen LogP contribution in [0.1, 0.15) is 25.3 Å². The monoisotopic (exact) mass is 463 g/mol. The van der Waals surface area contributed by atoms with Crippen molar-refractivity contribution in [3.05, 3.63) is 40.2 Å². The summed E-state index contributed by atoms with van der Waals surface area (Å²) in [5, 5.41) is 0. The zero-order valence-electron chi connectivity index (χ0n) is 20.5. The molecule has 0 bridgehead atoms. The third kappa shape index (κ3) is 4.34. The van der Waals surface area contributed by atoms with Crippen LogP contribution >= 0.6 is 0 Å². The van der Waals surface area contributed by atoms with Gasteiger partial charge in [0.2, 0.25) is 5.75 Å². The van der Waals surface area contributed by atoms with Crippen molar-refractivity contribution in [2.24, 2.45) is 0 Å². The number of rotatable bonds is 7. The van der Waals surface area contributed by atoms with Crippen molar-refractivity contribution in [2.75, 3.05) is 35.5 Å². The fraction of sp³-hybridized carbons (Fsp3) is 0.478. The highest BCUT2D eigenvalue weighted by Gasteiger charge is 2.43. The van der Waals surface area contributed by atoms with E-state index in [1.807, 2.05) is 13.8 Å². The van der Waals surface area contributed by atoms with Gasteiger partial charge in [0.05, 0.1) is 52.6 Å². The number of benzene rings is 1. The number of esters is 2. The first-order valence-corrected chi connectivity index (χ1v) is 13.6. The summed E-state index contributed by atoms with van der Waals surface area (Å²) in [4.78, 5) is 26.2. The van der Waals surface area contributed by atoms with Gasteiger partial charge in [-0.05, 0) is 31.5 Å². The first-order chi connectivity index (χ1) is 15.0. The maximum atomic E-state index is 13.1. The molecule has 1 aliphatic rings. The van der Waals surface area contributed by atoms with E-state index in [2.05, 4.69) is 24.2 Å². The lowest BCUT2D eigenvalue weighted by Crippen LogP contribution is -2.48. The Kier molecular flexibility index (Phi) is 7.66. The van der Waals surface area contributed by atoms with Crippen molar-refractivity contribution in [1.29, 1.82) is 0 Å². The Labute approximate surface area is 190 Å². The zero-order chi connectivity index (χ0) is 24.4. The largest absolute Gasteiger partial charge is 0.493 e. The standard InChI is InChI=1S/C23H33NO7Si/c1-13-18(22(25)30-6)20(15-11-16(27-3)21(29-5)17(12-15)28-4)19(23(26)31-7)14(2)24(13)32(8,9)10/h11-12,20H,1-10H3. The number of hydrogen-bond donors (Lipinski definition) is 0. The molecule has 0 radical (unpaired) electrons. The van der Waals surface area contributed by atoms with Gasteiger partial charge in [0.15, 0.2) is 19.7 Å². The Morgan fingerprint density at radius 1 is 0.781 bits per heavy atom. The Bertz CT molecular complexity index is 910. The van der Waals surface area contributed by atoms with Crippen molar-refractivity contribution >= 4 is 20.2 Å². The molecule has 32 heavy (non-hydrogen) atoms. The molecule has 0 saturated heterocycles. The van der Waals surface area contributed by atoms with Crippen molar-refractivity contribution in [3.8, 4) is 17.2 Å². The van der Waals surface area contributed by atoms with Gasteiger partial charge in [0.1, 0.15) is 0 Å². The molecule has 0 amide bonds. The van der Waals surface area contributed by atoms with Gasteiger partial charge >= 0.3 is 11.9 Å². The Morgan fingerprint density at radius 2 is 1.19 bits per heavy atom. The van der Waals surface area contributed by atoms with Gasteiger partial charge in [0, 0.05) is 11.4 Å². The molecule has 0 fully saturated rings. The van der Waals surface area contributed by atoms with Gasteiger partial charge in [-0.25, -0.2) is 9.59 Å². The molecule has 0 unspecified atom stereocenters. The first kappa shape index (κ1) is 25.3. The smallest absolute Gasteiger partial charge is 0.336 e. The molecule has 0 aromatic heterocycles. The molecule has 1 aliphatic heterocycles. The van der Waals surface area contributed by atoms with Crippen LogP contribution in [0.3, 0.4) is 0 Å². The van der Waals surface area contributed by atoms with E-state index in [4.69, 9.17) is 23.7 Å². The summed E-state index contributed by atoms with van der Waals surface area (Å²) in [5.74, 6) is -0.525. The van der Waals surface area contributed by atoms with Gasteiger partial charge in [-0.15, -0.1) is 0 Å². The Hall–Kier alpha value is -2.94. The number of carbonyl (C=O) groups is 2. The van der Waals surface area contributed by atoms with Gasteiger partial charge < -0.3 is 28.2 Å². The normalized spacial score (nSPS) is 15.0. The van der Waals surface area contributed by atoms with E-state index in [0.717, 1.165) is 11.4 Å². The maximum absolute atomic E-state index is 13.1. The third-order valence-electron chi connectivity index (χ3n) is 5.53. The van der Waals surface area contributed by atoms with Crippen molar-refractivity contribution in [3.63, 3.8) is 0 Å². The average Bonchev–Trinajstić information content (AvgIpc) is 2.75. The van der Waals surface area contributed by atoms with Crippen LogP contribution in [0.4, 0.5) is 0 Å². The van der Waals surface area contributed by atoms with Crippen LogP contribution in [-0.2, 0) is 19.1 Å². The lowest BCUT2D eigenvalue weighted by molar-refractivity contribution is -0.137. The van der Waals surface area contributed by atoms with Gasteiger partial charge in [-0.2, -0.15) is 0 Å². The summed E-state index contributed by atoms with van der Waals surface area (Å²) < 4.78 is 28.9. The summed E-state index contributed by atoms with van der Waals surface area (Å²) in [6.07, 6.45) is 0. The van der Waals surface area contributed by atoms with Gasteiger partial charge in [-0.3, -0.25) is 0 Å². The van der Waals surface area contributed by atoms with E-state index < -0.39 is 26.1 Å². The topological polar surface area (TPSA) is 83.5 Å². The summed E-state index contributed by atoms with van der Waals surface area (Å²) in [6, 6.07) is 3.48. The predicted octanol–water partition coefficient (Wildman–Crippen LogP) is 3.84. The van der Waals surface area contributed by atoms with Crippen LogP contribution in [0.25, 0.3) is 0 Å². The molecule has 8 nitrogen and oxygen atoms in total. The van der Waals surface area contributed by atoms with Crippen LogP contribution < -0.4 is 14.2 Å². The maximum Gasteiger partial charge on any atom is 0.336 e. The molecule has 0 saturated carbocycles. The molecular weight excluding hydrogens is 430 g/mol. The first-order valence-electron chi connectivity index (χ1n) is 10.2. The second-order valence-electron chi connectivity index (χ2n) is 8.38. The molecule has 0 aliphatic carbocycles. The minimum absolute atomic E-state index is 0.371. The number of ether oxygens (including phenoxy) is 5. The fourth-order valence-corrected chi connectivity index (χ4v) is 6.67. The van der Waals surface area contributed by atoms with Crippen molar-refractivity contribution in [1.82, 2.24) is 4.57 Å². The van der Waals surface area contributed by atoms with Crippen LogP contribution in [-0.4, -0.2) is 60.3 Å². The Balaban J connectivity index is 2.98. The zero-order valence-corrected chi connectivity index (χ0v) is 21.5. The van der Waals surface area contributed by atoms with Crippen molar-refractivity contribution in [2.45, 2.75) is 39.4 Å². The fourth-order valence-electron chi connectivity index (χ4n) is 4.41. The van der Waals surface area contributed by atoms with Gasteiger partial charge in [-0.1, -0.05) is 19.6 Å². The molecule has 0 spiro atoms. The lowest BCUT2D eigenvalue weighted by atomic mass is 9.80. The highest BCUT2D eigenvalue weighted by atomic mass is 28.3. The van der Waals surface area contributed by atoms with E-state index in [9.17, 15) is 9.59 Å². The number of nitrogens with zero attached hydrogens (tertiary/aromatic N) is 1. The summed E-state index contributed by atoms with van der Waals surface area (Å²) in [6.45, 7) is 10.2. The van der Waals surface area contributed by atoms with Crippen LogP contribution in [0.5, 0.6) is 17.2 Å². The van der Waals surface area contributed by atoms with E-state index in [-0.39, 0.29) is 0 Å². The molecule has 176 valence electrons. The molecule has 2 rings (SSSR count). The molecule has 0 N–H and O–H groups in total. The molecular formula is C23H33NO7Si. The van der Waals surface area contributed by atoms with Crippen LogP contribution in [0.15, 0.2) is 34.7 Å². The molecule has 1 heterocycles. The second-order valence-corrected chi connectivity index (χ2v) is 13.2. The highest BCUT2D eigenvalue weighted by molar-refractivity contribution is 6.74. The minimum Gasteiger partial charge on any atom is -0.493 e. The molecule has 1 aromatic carbocycles. The number of hydrogen-bond acceptors (Lipinski definition) is 8.